The minimum atomic E-state index is -1.34. The van der Waals surface area contributed by atoms with Crippen molar-refractivity contribution in [2.75, 3.05) is 0 Å². The van der Waals surface area contributed by atoms with Crippen LogP contribution in [0.25, 0.3) is 22.0 Å². The number of aromatic amines is 1. The van der Waals surface area contributed by atoms with E-state index < -0.39 is 28.7 Å². The van der Waals surface area contributed by atoms with Gasteiger partial charge in [-0.05, 0) is 41.0 Å². The van der Waals surface area contributed by atoms with Gasteiger partial charge in [0.25, 0.3) is 0 Å². The summed E-state index contributed by atoms with van der Waals surface area (Å²) in [4.78, 5) is 29.8. The lowest BCUT2D eigenvalue weighted by atomic mass is 9.99. The second kappa shape index (κ2) is 7.27. The van der Waals surface area contributed by atoms with Gasteiger partial charge in [-0.25, -0.2) is 14.2 Å². The summed E-state index contributed by atoms with van der Waals surface area (Å²) in [6.07, 6.45) is 2.72. The number of rotatable bonds is 4. The molecule has 2 heterocycles. The summed E-state index contributed by atoms with van der Waals surface area (Å²) >= 11 is 0. The lowest BCUT2D eigenvalue weighted by Gasteiger charge is -2.08. The molecule has 0 unspecified atom stereocenters. The van der Waals surface area contributed by atoms with Gasteiger partial charge in [0.15, 0.2) is 0 Å². The van der Waals surface area contributed by atoms with Crippen LogP contribution in [-0.2, 0) is 6.42 Å². The highest BCUT2D eigenvalue weighted by Crippen LogP contribution is 2.22. The molecular weight excluding hydrogens is 378 g/mol. The Kier molecular flexibility index (Phi) is 4.64. The van der Waals surface area contributed by atoms with Gasteiger partial charge in [-0.3, -0.25) is 4.79 Å². The molecule has 5 nitrogen and oxygen atoms in total. The Balaban J connectivity index is 1.67. The molecule has 0 bridgehead atoms. The van der Waals surface area contributed by atoms with E-state index in [1.54, 1.807) is 18.2 Å². The summed E-state index contributed by atoms with van der Waals surface area (Å²) in [5.41, 5.74) is 1.85. The molecule has 0 amide bonds. The predicted octanol–water partition coefficient (Wildman–Crippen LogP) is 4.16. The molecular formula is C22H14F2N2O3. The molecule has 7 heteroatoms. The Morgan fingerprint density at radius 2 is 1.76 bits per heavy atom. The Morgan fingerprint density at radius 1 is 1.03 bits per heavy atom. The molecule has 0 fully saturated rings. The zero-order chi connectivity index (χ0) is 20.5. The van der Waals surface area contributed by atoms with Crippen molar-refractivity contribution < 1.29 is 18.7 Å². The first-order valence-corrected chi connectivity index (χ1v) is 8.70. The molecule has 0 spiro atoms. The molecule has 0 aliphatic rings. The average molecular weight is 392 g/mol. The second-order valence-electron chi connectivity index (χ2n) is 6.57. The smallest absolute Gasteiger partial charge is 0.341 e. The first-order valence-electron chi connectivity index (χ1n) is 8.70. The van der Waals surface area contributed by atoms with Crippen LogP contribution in [0.2, 0.25) is 0 Å². The molecule has 2 N–H and O–H groups in total. The molecule has 0 aliphatic heterocycles. The molecule has 4 aromatic rings. The number of fused-ring (bicyclic) bond motifs is 1. The number of aromatic nitrogens is 2. The zero-order valence-electron chi connectivity index (χ0n) is 14.9. The highest BCUT2D eigenvalue weighted by atomic mass is 19.1. The Bertz CT molecular complexity index is 1280. The average Bonchev–Trinajstić information content (AvgIpc) is 2.70. The number of carbonyl (C=O) groups is 1. The lowest BCUT2D eigenvalue weighted by molar-refractivity contribution is 0.0695. The van der Waals surface area contributed by atoms with Crippen molar-refractivity contribution >= 4 is 16.9 Å². The number of aromatic carboxylic acids is 1. The summed E-state index contributed by atoms with van der Waals surface area (Å²) in [5, 5.41) is 9.22. The molecule has 0 radical (unpaired) electrons. The highest BCUT2D eigenvalue weighted by Gasteiger charge is 2.14. The van der Waals surface area contributed by atoms with E-state index in [0.717, 1.165) is 22.9 Å². The van der Waals surface area contributed by atoms with Crippen molar-refractivity contribution in [2.24, 2.45) is 0 Å². The quantitative estimate of drug-likeness (QED) is 0.511. The third-order valence-electron chi connectivity index (χ3n) is 4.69. The summed E-state index contributed by atoms with van der Waals surface area (Å²) in [5.74, 6) is -2.40. The van der Waals surface area contributed by atoms with Crippen LogP contribution >= 0.6 is 0 Å². The number of nitrogens with zero attached hydrogens (tertiary/aromatic N) is 1. The van der Waals surface area contributed by atoms with Gasteiger partial charge in [0, 0.05) is 29.8 Å². The van der Waals surface area contributed by atoms with Crippen molar-refractivity contribution in [1.29, 1.82) is 0 Å². The van der Waals surface area contributed by atoms with Gasteiger partial charge in [0.1, 0.15) is 11.4 Å². The maximum absolute atomic E-state index is 14.5. The van der Waals surface area contributed by atoms with E-state index in [2.05, 4.69) is 9.97 Å². The van der Waals surface area contributed by atoms with Crippen molar-refractivity contribution in [3.63, 3.8) is 0 Å². The van der Waals surface area contributed by atoms with E-state index in [1.807, 2.05) is 12.1 Å². The standard InChI is InChI=1S/C22H14F2N2O3/c23-18-9-19-16(21(27)17(11-25-19)22(28)29)8-15(18)7-12-1-3-13(4-2-12)14-5-6-20(24)26-10-14/h1-6,8-11H,7H2,(H,25,27)(H,28,29). The third kappa shape index (κ3) is 3.62. The van der Waals surface area contributed by atoms with Gasteiger partial charge in [-0.15, -0.1) is 0 Å². The van der Waals surface area contributed by atoms with Gasteiger partial charge in [-0.2, -0.15) is 4.39 Å². The number of H-pyrrole nitrogens is 1. The number of carboxylic acid groups (broad SMARTS) is 1. The fourth-order valence-corrected chi connectivity index (χ4v) is 3.16. The Morgan fingerprint density at radius 3 is 2.41 bits per heavy atom. The van der Waals surface area contributed by atoms with Gasteiger partial charge < -0.3 is 10.1 Å². The fraction of sp³-hybridized carbons (Fsp3) is 0.0455. The minimum absolute atomic E-state index is 0.121. The number of carboxylic acids is 1. The van der Waals surface area contributed by atoms with E-state index >= 15 is 0 Å². The van der Waals surface area contributed by atoms with Crippen LogP contribution in [0.3, 0.4) is 0 Å². The van der Waals surface area contributed by atoms with Crippen LogP contribution in [0.15, 0.2) is 65.7 Å². The summed E-state index contributed by atoms with van der Waals surface area (Å²) in [7, 11) is 0. The van der Waals surface area contributed by atoms with Crippen LogP contribution in [0.5, 0.6) is 0 Å². The van der Waals surface area contributed by atoms with Crippen molar-refractivity contribution in [2.45, 2.75) is 6.42 Å². The first-order chi connectivity index (χ1) is 13.9. The largest absolute Gasteiger partial charge is 0.477 e. The van der Waals surface area contributed by atoms with E-state index in [-0.39, 0.29) is 22.9 Å². The van der Waals surface area contributed by atoms with Gasteiger partial charge in [0.2, 0.25) is 11.4 Å². The third-order valence-corrected chi connectivity index (χ3v) is 4.69. The summed E-state index contributed by atoms with van der Waals surface area (Å²) in [6.45, 7) is 0. The van der Waals surface area contributed by atoms with Crippen LogP contribution in [-0.4, -0.2) is 21.0 Å². The Labute approximate surface area is 163 Å². The predicted molar refractivity (Wildman–Crippen MR) is 104 cm³/mol. The van der Waals surface area contributed by atoms with Crippen molar-refractivity contribution in [1.82, 2.24) is 9.97 Å². The molecule has 29 heavy (non-hydrogen) atoms. The first kappa shape index (κ1) is 18.5. The number of benzene rings is 2. The molecule has 2 aromatic heterocycles. The highest BCUT2D eigenvalue weighted by molar-refractivity contribution is 5.92. The number of hydrogen-bond donors (Lipinski definition) is 2. The maximum Gasteiger partial charge on any atom is 0.341 e. The summed E-state index contributed by atoms with van der Waals surface area (Å²) < 4.78 is 27.4. The Hall–Kier alpha value is -3.87. The van der Waals surface area contributed by atoms with E-state index in [9.17, 15) is 18.4 Å². The molecule has 0 saturated carbocycles. The fourth-order valence-electron chi connectivity index (χ4n) is 3.16. The van der Waals surface area contributed by atoms with Crippen molar-refractivity contribution in [3.05, 3.63) is 99.6 Å². The lowest BCUT2D eigenvalue weighted by Crippen LogP contribution is -2.15. The maximum atomic E-state index is 14.5. The molecule has 2 aromatic carbocycles. The molecule has 0 saturated heterocycles. The van der Waals surface area contributed by atoms with E-state index in [0.29, 0.717) is 0 Å². The molecule has 144 valence electrons. The zero-order valence-corrected chi connectivity index (χ0v) is 14.9. The van der Waals surface area contributed by atoms with Crippen LogP contribution in [0, 0.1) is 11.8 Å². The SMILES string of the molecule is O=C(O)c1c[nH]c2cc(F)c(Cc3ccc(-c4ccc(F)nc4)cc3)cc2c1=O. The number of halogens is 2. The van der Waals surface area contributed by atoms with Gasteiger partial charge in [0.05, 0.1) is 5.52 Å². The monoisotopic (exact) mass is 392 g/mol. The number of pyridine rings is 2. The van der Waals surface area contributed by atoms with Crippen LogP contribution in [0.4, 0.5) is 8.78 Å². The van der Waals surface area contributed by atoms with Crippen LogP contribution < -0.4 is 5.43 Å². The second-order valence-corrected chi connectivity index (χ2v) is 6.57. The van der Waals surface area contributed by atoms with Gasteiger partial charge >= 0.3 is 5.97 Å². The summed E-state index contributed by atoms with van der Waals surface area (Å²) in [6, 6.07) is 12.7. The number of nitrogens with one attached hydrogen (secondary N) is 1. The van der Waals surface area contributed by atoms with Gasteiger partial charge in [-0.1, -0.05) is 24.3 Å². The van der Waals surface area contributed by atoms with Crippen molar-refractivity contribution in [3.8, 4) is 11.1 Å². The molecule has 4 rings (SSSR count). The molecule has 0 atom stereocenters. The minimum Gasteiger partial charge on any atom is -0.477 e. The molecule has 0 aliphatic carbocycles. The number of hydrogen-bond acceptors (Lipinski definition) is 3. The normalized spacial score (nSPS) is 11.0. The van der Waals surface area contributed by atoms with Crippen LogP contribution in [0.1, 0.15) is 21.5 Å². The topological polar surface area (TPSA) is 83.0 Å². The van der Waals surface area contributed by atoms with E-state index in [4.69, 9.17) is 5.11 Å². The van der Waals surface area contributed by atoms with E-state index in [1.165, 1.54) is 24.4 Å².